The van der Waals surface area contributed by atoms with Crippen molar-refractivity contribution in [2.75, 3.05) is 6.54 Å². The van der Waals surface area contributed by atoms with E-state index in [9.17, 15) is 29.1 Å². The van der Waals surface area contributed by atoms with Gasteiger partial charge in [-0.2, -0.15) is 0 Å². The van der Waals surface area contributed by atoms with Crippen molar-refractivity contribution in [3.05, 3.63) is 35.9 Å². The van der Waals surface area contributed by atoms with Crippen molar-refractivity contribution in [3.63, 3.8) is 0 Å². The number of nitrogens with one attached hydrogen (secondary N) is 2. The van der Waals surface area contributed by atoms with Crippen LogP contribution in [0.1, 0.15) is 45.1 Å². The van der Waals surface area contributed by atoms with Crippen molar-refractivity contribution in [2.24, 2.45) is 17.4 Å². The predicted molar refractivity (Wildman–Crippen MR) is 128 cm³/mol. The Balaban J connectivity index is 2.21. The summed E-state index contributed by atoms with van der Waals surface area (Å²) in [6.45, 7) is 4.15. The number of carbonyl (C=O) groups excluding carboxylic acids is 4. The molecule has 0 aliphatic carbocycles. The zero-order valence-electron chi connectivity index (χ0n) is 20.1. The molecule has 7 N–H and O–H groups in total. The van der Waals surface area contributed by atoms with Gasteiger partial charge >= 0.3 is 5.97 Å². The molecule has 11 nitrogen and oxygen atoms in total. The van der Waals surface area contributed by atoms with Crippen LogP contribution in [-0.4, -0.2) is 70.3 Å². The summed E-state index contributed by atoms with van der Waals surface area (Å²) in [4.78, 5) is 63.1. The number of carboxylic acid groups (broad SMARTS) is 1. The molecule has 1 aliphatic heterocycles. The van der Waals surface area contributed by atoms with Gasteiger partial charge in [-0.15, -0.1) is 0 Å². The first-order chi connectivity index (χ1) is 16.5. The van der Waals surface area contributed by atoms with Crippen LogP contribution in [0.5, 0.6) is 0 Å². The molecule has 0 aromatic heterocycles. The van der Waals surface area contributed by atoms with Crippen LogP contribution < -0.4 is 22.1 Å². The fourth-order valence-corrected chi connectivity index (χ4v) is 4.12. The summed E-state index contributed by atoms with van der Waals surface area (Å²) in [5, 5.41) is 14.3. The first-order valence-electron chi connectivity index (χ1n) is 11.7. The van der Waals surface area contributed by atoms with Crippen molar-refractivity contribution >= 4 is 29.6 Å². The third kappa shape index (κ3) is 8.36. The van der Waals surface area contributed by atoms with Crippen LogP contribution in [0.3, 0.4) is 0 Å². The summed E-state index contributed by atoms with van der Waals surface area (Å²) < 4.78 is 0. The Morgan fingerprint density at radius 1 is 1.09 bits per heavy atom. The van der Waals surface area contributed by atoms with Gasteiger partial charge in [0.25, 0.3) is 0 Å². The van der Waals surface area contributed by atoms with Crippen LogP contribution in [0.4, 0.5) is 0 Å². The molecule has 1 heterocycles. The predicted octanol–water partition coefficient (Wildman–Crippen LogP) is -0.477. The summed E-state index contributed by atoms with van der Waals surface area (Å²) in [6, 6.07) is 4.96. The third-order valence-corrected chi connectivity index (χ3v) is 5.82. The molecule has 4 amide bonds. The molecule has 1 aromatic carbocycles. The highest BCUT2D eigenvalue weighted by Gasteiger charge is 2.39. The Kier molecular flexibility index (Phi) is 10.2. The van der Waals surface area contributed by atoms with E-state index in [-0.39, 0.29) is 18.9 Å². The highest BCUT2D eigenvalue weighted by Crippen LogP contribution is 2.20. The maximum absolute atomic E-state index is 13.5. The molecule has 4 unspecified atom stereocenters. The highest BCUT2D eigenvalue weighted by molar-refractivity contribution is 5.95. The molecule has 35 heavy (non-hydrogen) atoms. The van der Waals surface area contributed by atoms with Gasteiger partial charge < -0.3 is 32.1 Å². The Morgan fingerprint density at radius 2 is 1.74 bits per heavy atom. The molecule has 1 saturated heterocycles. The van der Waals surface area contributed by atoms with Crippen LogP contribution >= 0.6 is 0 Å². The van der Waals surface area contributed by atoms with Gasteiger partial charge in [0, 0.05) is 13.0 Å². The second-order valence-electron chi connectivity index (χ2n) is 9.25. The topological polar surface area (TPSA) is 185 Å². The summed E-state index contributed by atoms with van der Waals surface area (Å²) in [5.41, 5.74) is 11.9. The van der Waals surface area contributed by atoms with Gasteiger partial charge in [-0.05, 0) is 30.7 Å². The summed E-state index contributed by atoms with van der Waals surface area (Å²) in [5.74, 6) is -3.69. The lowest BCUT2D eigenvalue weighted by atomic mass is 10.0. The second kappa shape index (κ2) is 12.8. The van der Waals surface area contributed by atoms with Crippen LogP contribution in [0.15, 0.2) is 30.3 Å². The van der Waals surface area contributed by atoms with Crippen molar-refractivity contribution in [1.29, 1.82) is 0 Å². The second-order valence-corrected chi connectivity index (χ2v) is 9.25. The number of aliphatic carboxylic acids is 1. The lowest BCUT2D eigenvalue weighted by Crippen LogP contribution is -2.57. The van der Waals surface area contributed by atoms with Gasteiger partial charge in [0.05, 0.1) is 12.5 Å². The number of benzene rings is 1. The quantitative estimate of drug-likeness (QED) is 0.262. The zero-order valence-corrected chi connectivity index (χ0v) is 20.1. The Hall–Kier alpha value is -3.47. The van der Waals surface area contributed by atoms with Crippen molar-refractivity contribution in [1.82, 2.24) is 15.5 Å². The average Bonchev–Trinajstić information content (AvgIpc) is 3.27. The van der Waals surface area contributed by atoms with Gasteiger partial charge in [-0.1, -0.05) is 44.2 Å². The number of carbonyl (C=O) groups is 5. The summed E-state index contributed by atoms with van der Waals surface area (Å²) >= 11 is 0. The molecule has 0 spiro atoms. The summed E-state index contributed by atoms with van der Waals surface area (Å²) in [6.07, 6.45) is 0.922. The normalized spacial score (nSPS) is 17.9. The maximum atomic E-state index is 13.5. The molecular formula is C24H35N5O6. The van der Waals surface area contributed by atoms with Gasteiger partial charge in [-0.3, -0.25) is 19.2 Å². The minimum Gasteiger partial charge on any atom is -0.480 e. The highest BCUT2D eigenvalue weighted by atomic mass is 16.4. The number of amides is 4. The number of hydrogen-bond acceptors (Lipinski definition) is 6. The standard InChI is InChI=1S/C24H35N5O6/c1-14(2)11-16(25)21(31)27-17(12-15-7-4-3-5-8-15)23(33)29-10-6-9-19(29)22(32)28-18(24(34)35)13-20(26)30/h3-5,7-8,14,16-19H,6,9-13,25H2,1-2H3,(H2,26,30)(H,27,31)(H,28,32)(H,34,35). The molecule has 0 saturated carbocycles. The molecule has 0 bridgehead atoms. The molecule has 1 aromatic rings. The number of primary amides is 1. The van der Waals surface area contributed by atoms with E-state index in [1.807, 2.05) is 44.2 Å². The molecule has 11 heteroatoms. The van der Waals surface area contributed by atoms with Crippen LogP contribution in [0, 0.1) is 5.92 Å². The van der Waals surface area contributed by atoms with Crippen LogP contribution in [-0.2, 0) is 30.4 Å². The van der Waals surface area contributed by atoms with Crippen LogP contribution in [0.2, 0.25) is 0 Å². The minimum atomic E-state index is -1.49. The fourth-order valence-electron chi connectivity index (χ4n) is 4.12. The van der Waals surface area contributed by atoms with E-state index in [0.29, 0.717) is 19.3 Å². The fraction of sp³-hybridized carbons (Fsp3) is 0.542. The number of nitrogens with zero attached hydrogens (tertiary/aromatic N) is 1. The molecule has 1 aliphatic rings. The number of hydrogen-bond donors (Lipinski definition) is 5. The SMILES string of the molecule is CC(C)CC(N)C(=O)NC(Cc1ccccc1)C(=O)N1CCCC1C(=O)NC(CC(N)=O)C(=O)O. The monoisotopic (exact) mass is 489 g/mol. The van der Waals surface area contributed by atoms with E-state index in [4.69, 9.17) is 11.5 Å². The number of likely N-dealkylation sites (tertiary alicyclic amines) is 1. The molecule has 0 radical (unpaired) electrons. The Morgan fingerprint density at radius 3 is 2.31 bits per heavy atom. The molecule has 4 atom stereocenters. The summed E-state index contributed by atoms with van der Waals surface area (Å²) in [7, 11) is 0. The maximum Gasteiger partial charge on any atom is 0.326 e. The van der Waals surface area contributed by atoms with E-state index in [1.165, 1.54) is 4.90 Å². The van der Waals surface area contributed by atoms with Gasteiger partial charge in [0.1, 0.15) is 18.1 Å². The zero-order chi connectivity index (χ0) is 26.1. The van der Waals surface area contributed by atoms with E-state index in [1.54, 1.807) is 0 Å². The molecular weight excluding hydrogens is 454 g/mol. The molecule has 2 rings (SSSR count). The molecule has 1 fully saturated rings. The van der Waals surface area contributed by atoms with E-state index in [2.05, 4.69) is 10.6 Å². The average molecular weight is 490 g/mol. The third-order valence-electron chi connectivity index (χ3n) is 5.82. The van der Waals surface area contributed by atoms with E-state index in [0.717, 1.165) is 5.56 Å². The molecule has 192 valence electrons. The lowest BCUT2D eigenvalue weighted by molar-refractivity contribution is -0.145. The number of nitrogens with two attached hydrogens (primary N) is 2. The van der Waals surface area contributed by atoms with Crippen LogP contribution in [0.25, 0.3) is 0 Å². The van der Waals surface area contributed by atoms with Gasteiger partial charge in [0.15, 0.2) is 0 Å². The van der Waals surface area contributed by atoms with Crippen molar-refractivity contribution in [3.8, 4) is 0 Å². The van der Waals surface area contributed by atoms with Crippen molar-refractivity contribution in [2.45, 2.75) is 70.1 Å². The van der Waals surface area contributed by atoms with E-state index < -0.39 is 60.2 Å². The lowest BCUT2D eigenvalue weighted by Gasteiger charge is -2.30. The minimum absolute atomic E-state index is 0.188. The number of rotatable bonds is 12. The van der Waals surface area contributed by atoms with E-state index >= 15 is 0 Å². The van der Waals surface area contributed by atoms with Crippen molar-refractivity contribution < 1.29 is 29.1 Å². The number of carboxylic acids is 1. The first kappa shape index (κ1) is 27.8. The Labute approximate surface area is 204 Å². The smallest absolute Gasteiger partial charge is 0.326 e. The van der Waals surface area contributed by atoms with Gasteiger partial charge in [-0.25, -0.2) is 4.79 Å². The Bertz CT molecular complexity index is 922. The largest absolute Gasteiger partial charge is 0.480 e. The first-order valence-corrected chi connectivity index (χ1v) is 11.7. The van der Waals surface area contributed by atoms with Gasteiger partial charge in [0.2, 0.25) is 23.6 Å².